The predicted molar refractivity (Wildman–Crippen MR) is 123 cm³/mol. The van der Waals surface area contributed by atoms with E-state index in [1.165, 1.54) is 0 Å². The summed E-state index contributed by atoms with van der Waals surface area (Å²) in [4.78, 5) is 6.91. The number of rotatable bonds is 10. The summed E-state index contributed by atoms with van der Waals surface area (Å²) >= 11 is 0. The third-order valence-electron chi connectivity index (χ3n) is 4.41. The summed E-state index contributed by atoms with van der Waals surface area (Å²) < 4.78 is 21.8. The van der Waals surface area contributed by atoms with Gasteiger partial charge in [0.05, 0.1) is 27.4 Å². The van der Waals surface area contributed by atoms with Crippen LogP contribution in [-0.2, 0) is 4.74 Å². The molecule has 1 aliphatic rings. The van der Waals surface area contributed by atoms with E-state index in [4.69, 9.17) is 23.9 Å². The Kier molecular flexibility index (Phi) is 12.1. The number of hydrogen-bond acceptors (Lipinski definition) is 5. The van der Waals surface area contributed by atoms with E-state index in [0.29, 0.717) is 30.6 Å². The average Bonchev–Trinajstić information content (AvgIpc) is 3.19. The zero-order valence-corrected chi connectivity index (χ0v) is 19.7. The molecular formula is C20H34IN3O4. The van der Waals surface area contributed by atoms with Gasteiger partial charge in [0.15, 0.2) is 5.96 Å². The second kappa shape index (κ2) is 13.7. The first-order chi connectivity index (χ1) is 13.2. The van der Waals surface area contributed by atoms with Crippen LogP contribution >= 0.6 is 24.0 Å². The minimum atomic E-state index is 0. The highest BCUT2D eigenvalue weighted by Crippen LogP contribution is 2.27. The largest absolute Gasteiger partial charge is 0.496 e. The van der Waals surface area contributed by atoms with Crippen molar-refractivity contribution in [3.05, 3.63) is 18.2 Å². The molecule has 0 bridgehead atoms. The average molecular weight is 507 g/mol. The molecule has 1 aliphatic heterocycles. The SMILES string of the molecule is CCNC(=NCCCOc1cc(OC)cc(OC)c1)N(C)CC1CCOC1.I. The van der Waals surface area contributed by atoms with E-state index in [-0.39, 0.29) is 24.0 Å². The highest BCUT2D eigenvalue weighted by atomic mass is 127. The Bertz CT molecular complexity index is 573. The van der Waals surface area contributed by atoms with Gasteiger partial charge in [0, 0.05) is 63.8 Å². The van der Waals surface area contributed by atoms with Crippen molar-refractivity contribution in [3.8, 4) is 17.2 Å². The first-order valence-electron chi connectivity index (χ1n) is 9.59. The van der Waals surface area contributed by atoms with Crippen LogP contribution in [0.4, 0.5) is 0 Å². The van der Waals surface area contributed by atoms with Crippen LogP contribution in [0.25, 0.3) is 0 Å². The Morgan fingerprint density at radius 3 is 2.46 bits per heavy atom. The molecule has 28 heavy (non-hydrogen) atoms. The molecule has 0 spiro atoms. The van der Waals surface area contributed by atoms with E-state index in [1.807, 2.05) is 18.2 Å². The molecular weight excluding hydrogens is 473 g/mol. The van der Waals surface area contributed by atoms with E-state index in [1.54, 1.807) is 14.2 Å². The van der Waals surface area contributed by atoms with Gasteiger partial charge in [-0.3, -0.25) is 4.99 Å². The molecule has 1 atom stereocenters. The van der Waals surface area contributed by atoms with E-state index in [9.17, 15) is 0 Å². The van der Waals surface area contributed by atoms with Crippen molar-refractivity contribution in [1.29, 1.82) is 0 Å². The van der Waals surface area contributed by atoms with E-state index in [2.05, 4.69) is 24.2 Å². The fraction of sp³-hybridized carbons (Fsp3) is 0.650. The number of ether oxygens (including phenoxy) is 4. The number of benzene rings is 1. The zero-order chi connectivity index (χ0) is 19.5. The first-order valence-corrected chi connectivity index (χ1v) is 9.59. The summed E-state index contributed by atoms with van der Waals surface area (Å²) in [5.74, 6) is 3.70. The molecule has 0 radical (unpaired) electrons. The lowest BCUT2D eigenvalue weighted by Gasteiger charge is -2.24. The molecule has 1 unspecified atom stereocenters. The lowest BCUT2D eigenvalue weighted by atomic mass is 10.1. The fourth-order valence-corrected chi connectivity index (χ4v) is 2.97. The number of halogens is 1. The number of methoxy groups -OCH3 is 2. The fourth-order valence-electron chi connectivity index (χ4n) is 2.97. The van der Waals surface area contributed by atoms with Crippen molar-refractivity contribution in [2.75, 3.05) is 60.7 Å². The van der Waals surface area contributed by atoms with Gasteiger partial charge in [0.2, 0.25) is 0 Å². The van der Waals surface area contributed by atoms with Crippen LogP contribution < -0.4 is 19.5 Å². The molecule has 0 amide bonds. The second-order valence-electron chi connectivity index (χ2n) is 6.60. The molecule has 8 heteroatoms. The third-order valence-corrected chi connectivity index (χ3v) is 4.41. The molecule has 2 rings (SSSR count). The molecule has 7 nitrogen and oxygen atoms in total. The smallest absolute Gasteiger partial charge is 0.193 e. The molecule has 1 aromatic carbocycles. The summed E-state index contributed by atoms with van der Waals surface area (Å²) in [5, 5.41) is 3.36. The monoisotopic (exact) mass is 507 g/mol. The lowest BCUT2D eigenvalue weighted by Crippen LogP contribution is -2.41. The number of nitrogens with zero attached hydrogens (tertiary/aromatic N) is 2. The lowest BCUT2D eigenvalue weighted by molar-refractivity contribution is 0.181. The highest BCUT2D eigenvalue weighted by molar-refractivity contribution is 14.0. The Hall–Kier alpha value is -1.42. The molecule has 1 fully saturated rings. The van der Waals surface area contributed by atoms with Gasteiger partial charge >= 0.3 is 0 Å². The second-order valence-corrected chi connectivity index (χ2v) is 6.60. The van der Waals surface area contributed by atoms with E-state index >= 15 is 0 Å². The van der Waals surface area contributed by atoms with Crippen molar-refractivity contribution >= 4 is 29.9 Å². The normalized spacial score (nSPS) is 16.3. The van der Waals surface area contributed by atoms with Crippen LogP contribution in [0.5, 0.6) is 17.2 Å². The number of nitrogens with one attached hydrogen (secondary N) is 1. The maximum absolute atomic E-state index is 5.82. The molecule has 1 aromatic rings. The third kappa shape index (κ3) is 8.30. The Balaban J connectivity index is 0.00000392. The van der Waals surface area contributed by atoms with Gasteiger partial charge in [0.25, 0.3) is 0 Å². The molecule has 160 valence electrons. The van der Waals surface area contributed by atoms with Crippen LogP contribution in [0.2, 0.25) is 0 Å². The van der Waals surface area contributed by atoms with Crippen LogP contribution in [0, 0.1) is 5.92 Å². The molecule has 0 aliphatic carbocycles. The van der Waals surface area contributed by atoms with Crippen molar-refractivity contribution < 1.29 is 18.9 Å². The van der Waals surface area contributed by atoms with Crippen LogP contribution in [0.1, 0.15) is 19.8 Å². The number of guanidine groups is 1. The number of hydrogen-bond donors (Lipinski definition) is 1. The van der Waals surface area contributed by atoms with Gasteiger partial charge in [-0.15, -0.1) is 24.0 Å². The van der Waals surface area contributed by atoms with E-state index < -0.39 is 0 Å². The predicted octanol–water partition coefficient (Wildman–Crippen LogP) is 3.02. The summed E-state index contributed by atoms with van der Waals surface area (Å²) in [6.45, 7) is 6.91. The van der Waals surface area contributed by atoms with Crippen LogP contribution in [-0.4, -0.2) is 71.6 Å². The minimum absolute atomic E-state index is 0. The Labute approximate surface area is 185 Å². The summed E-state index contributed by atoms with van der Waals surface area (Å²) in [5.41, 5.74) is 0. The zero-order valence-electron chi connectivity index (χ0n) is 17.4. The highest BCUT2D eigenvalue weighted by Gasteiger charge is 2.18. The quantitative estimate of drug-likeness (QED) is 0.228. The van der Waals surface area contributed by atoms with Gasteiger partial charge in [0.1, 0.15) is 17.2 Å². The van der Waals surface area contributed by atoms with Gasteiger partial charge in [-0.2, -0.15) is 0 Å². The van der Waals surface area contributed by atoms with Crippen LogP contribution in [0.15, 0.2) is 23.2 Å². The number of aliphatic imine (C=N–C) groups is 1. The minimum Gasteiger partial charge on any atom is -0.496 e. The maximum Gasteiger partial charge on any atom is 0.193 e. The maximum atomic E-state index is 5.82. The Morgan fingerprint density at radius 2 is 1.89 bits per heavy atom. The summed E-state index contributed by atoms with van der Waals surface area (Å²) in [7, 11) is 5.34. The van der Waals surface area contributed by atoms with E-state index in [0.717, 1.165) is 50.9 Å². The molecule has 1 saturated heterocycles. The van der Waals surface area contributed by atoms with Gasteiger partial charge in [-0.25, -0.2) is 0 Å². The first kappa shape index (κ1) is 24.6. The topological polar surface area (TPSA) is 64.6 Å². The van der Waals surface area contributed by atoms with Crippen LogP contribution in [0.3, 0.4) is 0 Å². The van der Waals surface area contributed by atoms with Gasteiger partial charge in [-0.05, 0) is 13.3 Å². The van der Waals surface area contributed by atoms with Crippen molar-refractivity contribution in [1.82, 2.24) is 10.2 Å². The molecule has 1 N–H and O–H groups in total. The van der Waals surface area contributed by atoms with Crippen molar-refractivity contribution in [2.45, 2.75) is 19.8 Å². The van der Waals surface area contributed by atoms with Crippen molar-refractivity contribution in [3.63, 3.8) is 0 Å². The molecule has 0 aromatic heterocycles. The molecule has 1 heterocycles. The Morgan fingerprint density at radius 1 is 1.21 bits per heavy atom. The van der Waals surface area contributed by atoms with Gasteiger partial charge in [-0.1, -0.05) is 0 Å². The standard InChI is InChI=1S/C20H33N3O4.HI/c1-5-21-20(23(2)14-16-7-10-26-15-16)22-8-6-9-27-19-12-17(24-3)11-18(13-19)25-4;/h11-13,16H,5-10,14-15H2,1-4H3,(H,21,22);1H. The van der Waals surface area contributed by atoms with Crippen molar-refractivity contribution in [2.24, 2.45) is 10.9 Å². The summed E-state index contributed by atoms with van der Waals surface area (Å²) in [6, 6.07) is 5.53. The molecule has 0 saturated carbocycles. The van der Waals surface area contributed by atoms with Gasteiger partial charge < -0.3 is 29.2 Å². The summed E-state index contributed by atoms with van der Waals surface area (Å²) in [6.07, 6.45) is 1.95.